The van der Waals surface area contributed by atoms with Gasteiger partial charge < -0.3 is 0 Å². The summed E-state index contributed by atoms with van der Waals surface area (Å²) in [5.74, 6) is 1.39. The van der Waals surface area contributed by atoms with Crippen LogP contribution in [0.25, 0.3) is 73.0 Å². The molecule has 0 aliphatic rings. The van der Waals surface area contributed by atoms with E-state index in [2.05, 4.69) is 78.9 Å². The Bertz CT molecular complexity index is 2150. The van der Waals surface area contributed by atoms with Gasteiger partial charge in [0.25, 0.3) is 0 Å². The topological polar surface area (TPSA) is 56.0 Å². The molecular formula is C38H25N5. The molecule has 3 heterocycles. The number of rotatable bonds is 5. The summed E-state index contributed by atoms with van der Waals surface area (Å²) in [5, 5.41) is 7.15. The van der Waals surface area contributed by atoms with Crippen molar-refractivity contribution in [3.63, 3.8) is 0 Å². The van der Waals surface area contributed by atoms with Crippen molar-refractivity contribution >= 4 is 16.4 Å². The van der Waals surface area contributed by atoms with E-state index < -0.39 is 0 Å². The minimum absolute atomic E-state index is 0.683. The number of aromatic nitrogens is 5. The summed E-state index contributed by atoms with van der Waals surface area (Å²) in [6.07, 6.45) is 0. The number of pyridine rings is 1. The predicted molar refractivity (Wildman–Crippen MR) is 173 cm³/mol. The molecule has 0 aliphatic heterocycles. The highest BCUT2D eigenvalue weighted by molar-refractivity contribution is 5.97. The van der Waals surface area contributed by atoms with Gasteiger partial charge in [0.15, 0.2) is 17.3 Å². The van der Waals surface area contributed by atoms with Crippen molar-refractivity contribution in [3.8, 4) is 56.5 Å². The normalized spacial score (nSPS) is 11.3. The van der Waals surface area contributed by atoms with E-state index in [0.717, 1.165) is 61.3 Å². The quantitative estimate of drug-likeness (QED) is 0.214. The fraction of sp³-hybridized carbons (Fsp3) is 0. The van der Waals surface area contributed by atoms with Gasteiger partial charge in [-0.3, -0.25) is 0 Å². The molecule has 3 aromatic heterocycles. The molecule has 5 aromatic carbocycles. The molecule has 0 amide bonds. The highest BCUT2D eigenvalue weighted by Gasteiger charge is 2.16. The molecular weight excluding hydrogens is 526 g/mol. The molecule has 0 atom stereocenters. The van der Waals surface area contributed by atoms with Gasteiger partial charge in [-0.25, -0.2) is 19.5 Å². The SMILES string of the molecule is c1ccc(-c2cc(-c3ccccc3)nc(-c3ccc(-c4cc5ccccc5c5nc(-c6ccccc6)nn45)cc3)n2)cc1. The average Bonchev–Trinajstić information content (AvgIpc) is 3.55. The Kier molecular flexibility index (Phi) is 6.05. The summed E-state index contributed by atoms with van der Waals surface area (Å²) >= 11 is 0. The van der Waals surface area contributed by atoms with E-state index in [9.17, 15) is 0 Å². The lowest BCUT2D eigenvalue weighted by atomic mass is 10.0. The van der Waals surface area contributed by atoms with Gasteiger partial charge in [-0.2, -0.15) is 0 Å². The zero-order valence-corrected chi connectivity index (χ0v) is 23.2. The van der Waals surface area contributed by atoms with Crippen LogP contribution in [0.1, 0.15) is 0 Å². The van der Waals surface area contributed by atoms with E-state index in [1.165, 1.54) is 0 Å². The van der Waals surface area contributed by atoms with E-state index >= 15 is 0 Å². The highest BCUT2D eigenvalue weighted by atomic mass is 15.3. The van der Waals surface area contributed by atoms with Crippen LogP contribution in [-0.4, -0.2) is 24.6 Å². The smallest absolute Gasteiger partial charge is 0.182 e. The van der Waals surface area contributed by atoms with Gasteiger partial charge in [-0.15, -0.1) is 5.10 Å². The standard InChI is InChI=1S/C38H25N5/c1-4-12-26(13-5-1)33-25-34(27-14-6-2-7-15-27)40-36(39-33)30-22-20-28(21-23-30)35-24-31-18-10-11-19-32(31)38-41-37(42-43(35)38)29-16-8-3-9-17-29/h1-25H. The van der Waals surface area contributed by atoms with Crippen molar-refractivity contribution in [1.29, 1.82) is 0 Å². The predicted octanol–water partition coefficient (Wildman–Crippen LogP) is 9.01. The van der Waals surface area contributed by atoms with Crippen LogP contribution in [0.5, 0.6) is 0 Å². The van der Waals surface area contributed by atoms with Gasteiger partial charge >= 0.3 is 0 Å². The monoisotopic (exact) mass is 551 g/mol. The molecule has 0 N–H and O–H groups in total. The minimum Gasteiger partial charge on any atom is -0.228 e. The van der Waals surface area contributed by atoms with E-state index in [-0.39, 0.29) is 0 Å². The van der Waals surface area contributed by atoms with E-state index in [1.807, 2.05) is 77.3 Å². The first kappa shape index (κ1) is 24.8. The Morgan fingerprint density at radius 1 is 0.395 bits per heavy atom. The fourth-order valence-electron chi connectivity index (χ4n) is 5.48. The number of fused-ring (bicyclic) bond motifs is 3. The molecule has 0 unspecified atom stereocenters. The Labute approximate surface area is 248 Å². The summed E-state index contributed by atoms with van der Waals surface area (Å²) in [5.41, 5.74) is 8.66. The van der Waals surface area contributed by atoms with Gasteiger partial charge in [0, 0.05) is 33.2 Å². The van der Waals surface area contributed by atoms with Crippen molar-refractivity contribution in [2.45, 2.75) is 0 Å². The van der Waals surface area contributed by atoms with E-state index in [1.54, 1.807) is 0 Å². The van der Waals surface area contributed by atoms with Crippen molar-refractivity contribution in [2.24, 2.45) is 0 Å². The second kappa shape index (κ2) is 10.5. The number of nitrogens with zero attached hydrogens (tertiary/aromatic N) is 5. The van der Waals surface area contributed by atoms with Crippen LogP contribution < -0.4 is 0 Å². The molecule has 0 saturated heterocycles. The lowest BCUT2D eigenvalue weighted by Gasteiger charge is -2.11. The molecule has 0 aliphatic carbocycles. The highest BCUT2D eigenvalue weighted by Crippen LogP contribution is 2.32. The van der Waals surface area contributed by atoms with Crippen molar-refractivity contribution < 1.29 is 0 Å². The lowest BCUT2D eigenvalue weighted by molar-refractivity contribution is 0.979. The maximum Gasteiger partial charge on any atom is 0.182 e. The number of hydrogen-bond acceptors (Lipinski definition) is 4. The Hall–Kier alpha value is -5.94. The Balaban J connectivity index is 1.25. The number of hydrogen-bond donors (Lipinski definition) is 0. The maximum atomic E-state index is 4.99. The van der Waals surface area contributed by atoms with Crippen LogP contribution in [0.4, 0.5) is 0 Å². The minimum atomic E-state index is 0.683. The van der Waals surface area contributed by atoms with Crippen molar-refractivity contribution in [2.75, 3.05) is 0 Å². The van der Waals surface area contributed by atoms with Crippen molar-refractivity contribution in [3.05, 3.63) is 152 Å². The molecule has 8 rings (SSSR count). The summed E-state index contributed by atoms with van der Waals surface area (Å²) in [6, 6.07) is 51.6. The van der Waals surface area contributed by atoms with Gasteiger partial charge in [-0.1, -0.05) is 140 Å². The molecule has 0 saturated carbocycles. The van der Waals surface area contributed by atoms with Crippen LogP contribution in [-0.2, 0) is 0 Å². The molecule has 0 radical (unpaired) electrons. The first-order valence-corrected chi connectivity index (χ1v) is 14.2. The molecule has 43 heavy (non-hydrogen) atoms. The second-order valence-electron chi connectivity index (χ2n) is 10.4. The van der Waals surface area contributed by atoms with Crippen molar-refractivity contribution in [1.82, 2.24) is 24.6 Å². The molecule has 5 nitrogen and oxygen atoms in total. The van der Waals surface area contributed by atoms with Crippen LogP contribution in [0.15, 0.2) is 152 Å². The van der Waals surface area contributed by atoms with Gasteiger partial charge in [0.1, 0.15) is 0 Å². The third-order valence-corrected chi connectivity index (χ3v) is 7.67. The summed E-state index contributed by atoms with van der Waals surface area (Å²) < 4.78 is 1.96. The molecule has 202 valence electrons. The third-order valence-electron chi connectivity index (χ3n) is 7.67. The largest absolute Gasteiger partial charge is 0.228 e. The first-order valence-electron chi connectivity index (χ1n) is 14.2. The molecule has 0 bridgehead atoms. The molecule has 5 heteroatoms. The molecule has 0 spiro atoms. The third kappa shape index (κ3) is 4.63. The fourth-order valence-corrected chi connectivity index (χ4v) is 5.48. The first-order chi connectivity index (χ1) is 21.3. The van der Waals surface area contributed by atoms with E-state index in [0.29, 0.717) is 11.6 Å². The lowest BCUT2D eigenvalue weighted by Crippen LogP contribution is -1.97. The zero-order chi connectivity index (χ0) is 28.6. The van der Waals surface area contributed by atoms with Gasteiger partial charge in [-0.05, 0) is 17.5 Å². The van der Waals surface area contributed by atoms with Gasteiger partial charge in [0.05, 0.1) is 17.1 Å². The summed E-state index contributed by atoms with van der Waals surface area (Å²) in [7, 11) is 0. The average molecular weight is 552 g/mol. The zero-order valence-electron chi connectivity index (χ0n) is 23.2. The maximum absolute atomic E-state index is 4.99. The summed E-state index contributed by atoms with van der Waals surface area (Å²) in [4.78, 5) is 15.0. The van der Waals surface area contributed by atoms with Crippen LogP contribution in [0.3, 0.4) is 0 Å². The van der Waals surface area contributed by atoms with Gasteiger partial charge in [0.2, 0.25) is 0 Å². The molecule has 0 fully saturated rings. The van der Waals surface area contributed by atoms with Crippen LogP contribution >= 0.6 is 0 Å². The Morgan fingerprint density at radius 3 is 1.53 bits per heavy atom. The van der Waals surface area contributed by atoms with Crippen LogP contribution in [0.2, 0.25) is 0 Å². The number of benzene rings is 5. The molecule has 8 aromatic rings. The second-order valence-corrected chi connectivity index (χ2v) is 10.4. The van der Waals surface area contributed by atoms with Crippen LogP contribution in [0, 0.1) is 0 Å². The Morgan fingerprint density at radius 2 is 0.907 bits per heavy atom. The summed E-state index contributed by atoms with van der Waals surface area (Å²) in [6.45, 7) is 0. The van der Waals surface area contributed by atoms with E-state index in [4.69, 9.17) is 20.1 Å².